The number of nitrogens with two attached hydrogens (primary N) is 1. The maximum absolute atomic E-state index is 13.7. The van der Waals surface area contributed by atoms with Gasteiger partial charge in [-0.15, -0.1) is 0 Å². The second kappa shape index (κ2) is 9.78. The van der Waals surface area contributed by atoms with Crippen molar-refractivity contribution in [2.75, 3.05) is 34.4 Å². The Balaban J connectivity index is 1.79. The molecule has 1 fully saturated rings. The first-order chi connectivity index (χ1) is 14.8. The predicted molar refractivity (Wildman–Crippen MR) is 114 cm³/mol. The summed E-state index contributed by atoms with van der Waals surface area (Å²) in [5.74, 6) is 0.0960. The van der Waals surface area contributed by atoms with Gasteiger partial charge in [0, 0.05) is 18.2 Å². The molecule has 2 amide bonds. The van der Waals surface area contributed by atoms with Crippen molar-refractivity contribution in [3.63, 3.8) is 0 Å². The van der Waals surface area contributed by atoms with E-state index in [-0.39, 0.29) is 18.5 Å². The van der Waals surface area contributed by atoms with Crippen LogP contribution in [0.15, 0.2) is 42.5 Å². The first kappa shape index (κ1) is 22.6. The summed E-state index contributed by atoms with van der Waals surface area (Å²) in [5.41, 5.74) is 6.90. The summed E-state index contributed by atoms with van der Waals surface area (Å²) < 4.78 is 24.4. The average Bonchev–Trinajstić information content (AvgIpc) is 3.23. The van der Waals surface area contributed by atoms with E-state index in [1.807, 2.05) is 12.1 Å². The molecule has 0 aliphatic carbocycles. The van der Waals surface area contributed by atoms with Crippen molar-refractivity contribution >= 4 is 11.8 Å². The summed E-state index contributed by atoms with van der Waals surface area (Å²) in [6, 6.07) is 10.2. The molecule has 3 rings (SSSR count). The summed E-state index contributed by atoms with van der Waals surface area (Å²) in [5, 5.41) is 0. The molecule has 2 N–H and O–H groups in total. The quantitative estimate of drug-likeness (QED) is 0.697. The second-order valence-electron chi connectivity index (χ2n) is 7.63. The number of amides is 2. The molecule has 2 aromatic rings. The SMILES string of the molecule is COc1ccc(C2CCCN2C(=O)CN(C)C(C(N)=O)c2cccc(F)c2)c(OC)c1. The van der Waals surface area contributed by atoms with E-state index < -0.39 is 17.8 Å². The highest BCUT2D eigenvalue weighted by Gasteiger charge is 2.34. The van der Waals surface area contributed by atoms with Gasteiger partial charge >= 0.3 is 0 Å². The van der Waals surface area contributed by atoms with Crippen LogP contribution in [-0.4, -0.2) is 56.0 Å². The summed E-state index contributed by atoms with van der Waals surface area (Å²) in [6.07, 6.45) is 1.67. The Hall–Kier alpha value is -3.13. The number of rotatable bonds is 8. The summed E-state index contributed by atoms with van der Waals surface area (Å²) in [6.45, 7) is 0.576. The number of carbonyl (C=O) groups is 2. The van der Waals surface area contributed by atoms with E-state index in [2.05, 4.69) is 0 Å². The molecule has 2 unspecified atom stereocenters. The van der Waals surface area contributed by atoms with E-state index in [9.17, 15) is 14.0 Å². The fourth-order valence-corrected chi connectivity index (χ4v) is 4.19. The van der Waals surface area contributed by atoms with E-state index in [1.54, 1.807) is 43.2 Å². The Labute approximate surface area is 181 Å². The van der Waals surface area contributed by atoms with Crippen molar-refractivity contribution in [1.29, 1.82) is 0 Å². The molecule has 0 saturated carbocycles. The lowest BCUT2D eigenvalue weighted by Gasteiger charge is -2.31. The fourth-order valence-electron chi connectivity index (χ4n) is 4.19. The molecule has 2 aromatic carbocycles. The van der Waals surface area contributed by atoms with E-state index in [0.29, 0.717) is 23.6 Å². The van der Waals surface area contributed by atoms with Crippen molar-refractivity contribution in [1.82, 2.24) is 9.80 Å². The molecule has 0 spiro atoms. The zero-order valence-corrected chi connectivity index (χ0v) is 18.0. The minimum atomic E-state index is -0.906. The lowest BCUT2D eigenvalue weighted by molar-refractivity contribution is -0.134. The smallest absolute Gasteiger partial charge is 0.239 e. The van der Waals surface area contributed by atoms with Crippen LogP contribution in [0.3, 0.4) is 0 Å². The molecule has 0 radical (unpaired) electrons. The van der Waals surface area contributed by atoms with Crippen LogP contribution < -0.4 is 15.2 Å². The van der Waals surface area contributed by atoms with Gasteiger partial charge in [-0.05, 0) is 49.7 Å². The molecule has 7 nitrogen and oxygen atoms in total. The molecule has 8 heteroatoms. The molecule has 1 saturated heterocycles. The molecule has 1 aliphatic rings. The number of hydrogen-bond acceptors (Lipinski definition) is 5. The number of ether oxygens (including phenoxy) is 2. The van der Waals surface area contributed by atoms with Gasteiger partial charge in [-0.25, -0.2) is 4.39 Å². The van der Waals surface area contributed by atoms with Gasteiger partial charge in [-0.2, -0.15) is 0 Å². The van der Waals surface area contributed by atoms with E-state index in [0.717, 1.165) is 18.4 Å². The number of methoxy groups -OCH3 is 2. The Bertz CT molecular complexity index is 952. The van der Waals surface area contributed by atoms with Crippen LogP contribution in [0.5, 0.6) is 11.5 Å². The van der Waals surface area contributed by atoms with E-state index in [1.165, 1.54) is 18.2 Å². The van der Waals surface area contributed by atoms with Gasteiger partial charge in [0.25, 0.3) is 0 Å². The van der Waals surface area contributed by atoms with E-state index >= 15 is 0 Å². The lowest BCUT2D eigenvalue weighted by Crippen LogP contribution is -2.43. The normalized spacial score (nSPS) is 16.9. The van der Waals surface area contributed by atoms with E-state index in [4.69, 9.17) is 15.2 Å². The van der Waals surface area contributed by atoms with Crippen molar-refractivity contribution < 1.29 is 23.5 Å². The number of halogens is 1. The zero-order valence-electron chi connectivity index (χ0n) is 18.0. The van der Waals surface area contributed by atoms with Gasteiger partial charge in [0.15, 0.2) is 0 Å². The number of likely N-dealkylation sites (tertiary alicyclic amines) is 1. The third-order valence-corrected chi connectivity index (χ3v) is 5.63. The van der Waals surface area contributed by atoms with Crippen LogP contribution in [0.1, 0.15) is 36.1 Å². The van der Waals surface area contributed by atoms with Crippen LogP contribution in [0.4, 0.5) is 4.39 Å². The van der Waals surface area contributed by atoms with Gasteiger partial charge in [-0.1, -0.05) is 12.1 Å². The maximum Gasteiger partial charge on any atom is 0.239 e. The van der Waals surface area contributed by atoms with Gasteiger partial charge in [0.1, 0.15) is 23.4 Å². The highest BCUT2D eigenvalue weighted by molar-refractivity contribution is 5.84. The maximum atomic E-state index is 13.7. The third kappa shape index (κ3) is 4.96. The Morgan fingerprint density at radius 2 is 2.00 bits per heavy atom. The van der Waals surface area contributed by atoms with Crippen LogP contribution in [-0.2, 0) is 9.59 Å². The highest BCUT2D eigenvalue weighted by Crippen LogP contribution is 2.38. The molecular weight excluding hydrogens is 401 g/mol. The molecular formula is C23H28FN3O4. The molecule has 31 heavy (non-hydrogen) atoms. The molecule has 0 aromatic heterocycles. The molecule has 1 aliphatic heterocycles. The van der Waals surface area contributed by atoms with Gasteiger partial charge in [0.2, 0.25) is 11.8 Å². The van der Waals surface area contributed by atoms with Crippen molar-refractivity contribution in [3.8, 4) is 11.5 Å². The minimum Gasteiger partial charge on any atom is -0.497 e. The first-order valence-corrected chi connectivity index (χ1v) is 10.1. The van der Waals surface area contributed by atoms with Crippen LogP contribution in [0, 0.1) is 5.82 Å². The van der Waals surface area contributed by atoms with Crippen molar-refractivity contribution in [2.24, 2.45) is 5.73 Å². The van der Waals surface area contributed by atoms with Crippen LogP contribution >= 0.6 is 0 Å². The molecule has 2 atom stereocenters. The van der Waals surface area contributed by atoms with Crippen LogP contribution in [0.25, 0.3) is 0 Å². The fraction of sp³-hybridized carbons (Fsp3) is 0.391. The number of hydrogen-bond donors (Lipinski definition) is 1. The van der Waals surface area contributed by atoms with Gasteiger partial charge in [-0.3, -0.25) is 14.5 Å². The minimum absolute atomic E-state index is 0.0287. The topological polar surface area (TPSA) is 85.1 Å². The Kier molecular flexibility index (Phi) is 7.12. The summed E-state index contributed by atoms with van der Waals surface area (Å²) >= 11 is 0. The number of carbonyl (C=O) groups excluding carboxylic acids is 2. The number of benzene rings is 2. The second-order valence-corrected chi connectivity index (χ2v) is 7.63. The lowest BCUT2D eigenvalue weighted by atomic mass is 10.0. The van der Waals surface area contributed by atoms with Crippen molar-refractivity contribution in [2.45, 2.75) is 24.9 Å². The summed E-state index contributed by atoms with van der Waals surface area (Å²) in [7, 11) is 4.81. The molecule has 0 bridgehead atoms. The Morgan fingerprint density at radius 3 is 2.65 bits per heavy atom. The summed E-state index contributed by atoms with van der Waals surface area (Å²) in [4.78, 5) is 28.6. The first-order valence-electron chi connectivity index (χ1n) is 10.1. The van der Waals surface area contributed by atoms with Gasteiger partial charge in [0.05, 0.1) is 26.8 Å². The Morgan fingerprint density at radius 1 is 1.23 bits per heavy atom. The van der Waals surface area contributed by atoms with Crippen LogP contribution in [0.2, 0.25) is 0 Å². The van der Waals surface area contributed by atoms with Crippen molar-refractivity contribution in [3.05, 3.63) is 59.4 Å². The molecule has 1 heterocycles. The van der Waals surface area contributed by atoms with Gasteiger partial charge < -0.3 is 20.1 Å². The predicted octanol–water partition coefficient (Wildman–Crippen LogP) is 2.66. The third-order valence-electron chi connectivity index (χ3n) is 5.63. The largest absolute Gasteiger partial charge is 0.497 e. The zero-order chi connectivity index (χ0) is 22.5. The highest BCUT2D eigenvalue weighted by atomic mass is 19.1. The standard InChI is InChI=1S/C23H28FN3O4/c1-26(22(23(25)29)15-6-4-7-16(24)12-15)14-21(28)27-11-5-8-19(27)18-10-9-17(30-2)13-20(18)31-3/h4,6-7,9-10,12-13,19,22H,5,8,11,14H2,1-3H3,(H2,25,29). The average molecular weight is 429 g/mol. The number of nitrogens with zero attached hydrogens (tertiary/aromatic N) is 2. The number of primary amides is 1. The number of likely N-dealkylation sites (N-methyl/N-ethyl adjacent to an activating group) is 1. The monoisotopic (exact) mass is 429 g/mol. The molecule has 166 valence electrons.